The molecule has 0 atom stereocenters. The lowest BCUT2D eigenvalue weighted by atomic mass is 9.82. The first-order valence-corrected chi connectivity index (χ1v) is 4.02. The first-order valence-electron chi connectivity index (χ1n) is 4.02. The summed E-state index contributed by atoms with van der Waals surface area (Å²) in [7, 11) is 0. The molecule has 0 aliphatic carbocycles. The lowest BCUT2D eigenvalue weighted by Crippen LogP contribution is -2.10. The fraction of sp³-hybridized carbons (Fsp3) is 0.600. The summed E-state index contributed by atoms with van der Waals surface area (Å²) in [5.41, 5.74) is 0.259. The average Bonchev–Trinajstić information content (AvgIpc) is 2.01. The molecule has 0 amide bonds. The van der Waals surface area contributed by atoms with E-state index >= 15 is 0 Å². The predicted molar refractivity (Wildman–Crippen MR) is 48.0 cm³/mol. The van der Waals surface area contributed by atoms with Crippen LogP contribution in [-0.2, 0) is 0 Å². The van der Waals surface area contributed by atoms with Gasteiger partial charge in [-0.1, -0.05) is 32.1 Å². The van der Waals surface area contributed by atoms with Gasteiger partial charge in [-0.2, -0.15) is 0 Å². The van der Waals surface area contributed by atoms with Crippen LogP contribution in [0.2, 0.25) is 0 Å². The predicted octanol–water partition coefficient (Wildman–Crippen LogP) is 3.55. The van der Waals surface area contributed by atoms with Gasteiger partial charge in [-0.15, -0.1) is 6.58 Å². The molecule has 0 aliphatic rings. The summed E-state index contributed by atoms with van der Waals surface area (Å²) in [6.07, 6.45) is 8.69. The van der Waals surface area contributed by atoms with Crippen molar-refractivity contribution in [3.8, 4) is 0 Å². The number of allylic oxidation sites excluding steroid dienone is 3. The zero-order valence-electron chi connectivity index (χ0n) is 7.35. The molecule has 0 rings (SSSR count). The lowest BCUT2D eigenvalue weighted by Gasteiger charge is -2.22. The van der Waals surface area contributed by atoms with E-state index in [9.17, 15) is 0 Å². The van der Waals surface area contributed by atoms with Crippen molar-refractivity contribution >= 4 is 0 Å². The maximum atomic E-state index is 3.84. The van der Waals surface area contributed by atoms with E-state index in [1.807, 2.05) is 6.08 Å². The van der Waals surface area contributed by atoms with Crippen LogP contribution in [0.5, 0.6) is 0 Å². The van der Waals surface area contributed by atoms with Crippen molar-refractivity contribution in [1.29, 1.82) is 0 Å². The molecule has 0 aliphatic heterocycles. The van der Waals surface area contributed by atoms with E-state index in [0.717, 1.165) is 12.8 Å². The third-order valence-corrected chi connectivity index (χ3v) is 2.22. The average molecular weight is 138 g/mol. The Labute approximate surface area is 64.6 Å². The summed E-state index contributed by atoms with van der Waals surface area (Å²) < 4.78 is 0. The van der Waals surface area contributed by atoms with E-state index in [4.69, 9.17) is 0 Å². The minimum absolute atomic E-state index is 0.259. The summed E-state index contributed by atoms with van der Waals surface area (Å²) in [4.78, 5) is 0. The van der Waals surface area contributed by atoms with Gasteiger partial charge < -0.3 is 0 Å². The van der Waals surface area contributed by atoms with E-state index in [0.29, 0.717) is 0 Å². The second-order valence-electron chi connectivity index (χ2n) is 2.64. The Bertz CT molecular complexity index is 116. The summed E-state index contributed by atoms with van der Waals surface area (Å²) >= 11 is 0. The highest BCUT2D eigenvalue weighted by Gasteiger charge is 2.16. The molecule has 10 heavy (non-hydrogen) atoms. The van der Waals surface area contributed by atoms with Crippen molar-refractivity contribution < 1.29 is 0 Å². The van der Waals surface area contributed by atoms with Crippen LogP contribution >= 0.6 is 0 Å². The Hall–Kier alpha value is -0.520. The highest BCUT2D eigenvalue weighted by atomic mass is 14.2. The molecule has 0 unspecified atom stereocenters. The first-order chi connectivity index (χ1) is 4.74. The van der Waals surface area contributed by atoms with Gasteiger partial charge in [0.2, 0.25) is 0 Å². The van der Waals surface area contributed by atoms with E-state index in [1.54, 1.807) is 0 Å². The van der Waals surface area contributed by atoms with Crippen molar-refractivity contribution in [1.82, 2.24) is 0 Å². The monoisotopic (exact) mass is 138 g/mol. The van der Waals surface area contributed by atoms with Crippen molar-refractivity contribution in [2.45, 2.75) is 33.6 Å². The minimum atomic E-state index is 0.259. The molecule has 58 valence electrons. The highest BCUT2D eigenvalue weighted by molar-refractivity contribution is 5.07. The van der Waals surface area contributed by atoms with Gasteiger partial charge in [-0.25, -0.2) is 0 Å². The number of hydrogen-bond donors (Lipinski definition) is 0. The second-order valence-corrected chi connectivity index (χ2v) is 2.64. The van der Waals surface area contributed by atoms with E-state index in [1.165, 1.54) is 0 Å². The molecule has 0 aromatic heterocycles. The van der Waals surface area contributed by atoms with Crippen LogP contribution in [0.3, 0.4) is 0 Å². The molecule has 0 heterocycles. The lowest BCUT2D eigenvalue weighted by molar-refractivity contribution is 0.457. The normalized spacial score (nSPS) is 12.3. The van der Waals surface area contributed by atoms with Crippen LogP contribution in [0.15, 0.2) is 24.8 Å². The smallest absolute Gasteiger partial charge is 0.00529 e. The second kappa shape index (κ2) is 4.32. The molecule has 0 radical (unpaired) electrons. The molecular weight excluding hydrogens is 120 g/mol. The maximum absolute atomic E-state index is 3.84. The van der Waals surface area contributed by atoms with Crippen LogP contribution in [-0.4, -0.2) is 0 Å². The largest absolute Gasteiger partial charge is 0.102 e. The molecule has 0 aromatic carbocycles. The van der Waals surface area contributed by atoms with Crippen molar-refractivity contribution in [2.24, 2.45) is 5.41 Å². The highest BCUT2D eigenvalue weighted by Crippen LogP contribution is 2.28. The van der Waals surface area contributed by atoms with Gasteiger partial charge in [0, 0.05) is 5.41 Å². The van der Waals surface area contributed by atoms with Crippen molar-refractivity contribution in [2.75, 3.05) is 0 Å². The Kier molecular flexibility index (Phi) is 4.10. The van der Waals surface area contributed by atoms with Crippen LogP contribution in [0.25, 0.3) is 0 Å². The van der Waals surface area contributed by atoms with Gasteiger partial charge >= 0.3 is 0 Å². The van der Waals surface area contributed by atoms with Crippen molar-refractivity contribution in [3.63, 3.8) is 0 Å². The summed E-state index contributed by atoms with van der Waals surface area (Å²) in [5.74, 6) is 0. The topological polar surface area (TPSA) is 0 Å². The van der Waals surface area contributed by atoms with Gasteiger partial charge in [-0.05, 0) is 19.8 Å². The number of rotatable bonds is 4. The molecule has 0 aromatic rings. The molecular formula is C10H18. The van der Waals surface area contributed by atoms with Gasteiger partial charge in [0.1, 0.15) is 0 Å². The Morgan fingerprint density at radius 3 is 1.90 bits per heavy atom. The third kappa shape index (κ3) is 2.02. The van der Waals surface area contributed by atoms with E-state index in [2.05, 4.69) is 39.5 Å². The Morgan fingerprint density at radius 1 is 1.30 bits per heavy atom. The molecule has 0 N–H and O–H groups in total. The van der Waals surface area contributed by atoms with Crippen LogP contribution in [0, 0.1) is 5.41 Å². The summed E-state index contributed by atoms with van der Waals surface area (Å²) in [6.45, 7) is 10.3. The SMILES string of the molecule is C=CC(/C=C/C)(CC)CC. The van der Waals surface area contributed by atoms with Gasteiger partial charge in [0.25, 0.3) is 0 Å². The maximum Gasteiger partial charge on any atom is 0.00529 e. The van der Waals surface area contributed by atoms with Gasteiger partial charge in [0.15, 0.2) is 0 Å². The van der Waals surface area contributed by atoms with Crippen LogP contribution in [0.1, 0.15) is 33.6 Å². The summed E-state index contributed by atoms with van der Waals surface area (Å²) in [6, 6.07) is 0. The molecule has 0 saturated heterocycles. The van der Waals surface area contributed by atoms with Crippen LogP contribution < -0.4 is 0 Å². The molecule has 0 nitrogen and oxygen atoms in total. The first kappa shape index (κ1) is 9.48. The van der Waals surface area contributed by atoms with Gasteiger partial charge in [-0.3, -0.25) is 0 Å². The van der Waals surface area contributed by atoms with Crippen molar-refractivity contribution in [3.05, 3.63) is 24.8 Å². The fourth-order valence-corrected chi connectivity index (χ4v) is 1.17. The fourth-order valence-electron chi connectivity index (χ4n) is 1.17. The zero-order chi connectivity index (χ0) is 8.04. The van der Waals surface area contributed by atoms with Crippen LogP contribution in [0.4, 0.5) is 0 Å². The Morgan fingerprint density at radius 2 is 1.80 bits per heavy atom. The number of hydrogen-bond acceptors (Lipinski definition) is 0. The quantitative estimate of drug-likeness (QED) is 0.521. The van der Waals surface area contributed by atoms with Gasteiger partial charge in [0.05, 0.1) is 0 Å². The summed E-state index contributed by atoms with van der Waals surface area (Å²) in [5, 5.41) is 0. The molecule has 0 saturated carbocycles. The zero-order valence-corrected chi connectivity index (χ0v) is 7.35. The third-order valence-electron chi connectivity index (χ3n) is 2.22. The standard InChI is InChI=1S/C10H18/c1-5-9-10(6-2,7-3)8-4/h5-6,9H,2,7-8H2,1,3-4H3/b9-5+. The molecule has 0 spiro atoms. The van der Waals surface area contributed by atoms with E-state index < -0.39 is 0 Å². The Balaban J connectivity index is 4.29. The molecule has 0 fully saturated rings. The molecule has 0 bridgehead atoms. The van der Waals surface area contributed by atoms with E-state index in [-0.39, 0.29) is 5.41 Å². The minimum Gasteiger partial charge on any atom is -0.102 e. The molecule has 0 heteroatoms.